The molecule has 21 heavy (non-hydrogen) atoms. The van der Waals surface area contributed by atoms with Gasteiger partial charge >= 0.3 is 5.97 Å². The van der Waals surface area contributed by atoms with Gasteiger partial charge in [-0.1, -0.05) is 11.6 Å². The molecule has 7 nitrogen and oxygen atoms in total. The van der Waals surface area contributed by atoms with Crippen LogP contribution in [0.4, 0.5) is 0 Å². The lowest BCUT2D eigenvalue weighted by molar-refractivity contribution is -0.147. The summed E-state index contributed by atoms with van der Waals surface area (Å²) in [6, 6.07) is 2.86. The number of hydrogen-bond acceptors (Lipinski definition) is 5. The van der Waals surface area contributed by atoms with Crippen LogP contribution < -0.4 is 10.6 Å². The lowest BCUT2D eigenvalue weighted by Gasteiger charge is -2.09. The van der Waals surface area contributed by atoms with Gasteiger partial charge in [-0.05, 0) is 26.0 Å². The number of amides is 2. The Balaban J connectivity index is 2.33. The molecule has 0 fully saturated rings. The van der Waals surface area contributed by atoms with E-state index < -0.39 is 17.8 Å². The lowest BCUT2D eigenvalue weighted by Crippen LogP contribution is -2.36. The van der Waals surface area contributed by atoms with Crippen LogP contribution in [-0.2, 0) is 14.3 Å². The number of aromatic nitrogens is 1. The highest BCUT2D eigenvalue weighted by Crippen LogP contribution is 2.07. The Morgan fingerprint density at radius 1 is 1.38 bits per heavy atom. The molecule has 0 atom stereocenters. The van der Waals surface area contributed by atoms with Crippen LogP contribution in [0.3, 0.4) is 0 Å². The SMILES string of the molecule is CC(C)NC(=O)COC(=O)CNC(=O)c1cc(Cl)ccn1. The van der Waals surface area contributed by atoms with E-state index in [9.17, 15) is 14.4 Å². The van der Waals surface area contributed by atoms with E-state index >= 15 is 0 Å². The van der Waals surface area contributed by atoms with Crippen LogP contribution in [0.5, 0.6) is 0 Å². The highest BCUT2D eigenvalue weighted by molar-refractivity contribution is 6.30. The number of nitrogens with one attached hydrogen (secondary N) is 2. The highest BCUT2D eigenvalue weighted by atomic mass is 35.5. The average Bonchev–Trinajstić information content (AvgIpc) is 2.41. The zero-order valence-electron chi connectivity index (χ0n) is 11.7. The number of esters is 1. The zero-order valence-corrected chi connectivity index (χ0v) is 12.4. The summed E-state index contributed by atoms with van der Waals surface area (Å²) in [5.41, 5.74) is 0.0906. The third kappa shape index (κ3) is 6.71. The van der Waals surface area contributed by atoms with E-state index in [0.29, 0.717) is 5.02 Å². The maximum atomic E-state index is 11.7. The largest absolute Gasteiger partial charge is 0.454 e. The van der Waals surface area contributed by atoms with Crippen LogP contribution >= 0.6 is 11.6 Å². The molecule has 0 aliphatic rings. The summed E-state index contributed by atoms with van der Waals surface area (Å²) in [6.07, 6.45) is 1.38. The van der Waals surface area contributed by atoms with E-state index in [-0.39, 0.29) is 24.9 Å². The minimum absolute atomic E-state index is 0.0372. The Bertz CT molecular complexity index is 534. The molecular weight excluding hydrogens is 298 g/mol. The van der Waals surface area contributed by atoms with Gasteiger partial charge in [-0.25, -0.2) is 0 Å². The summed E-state index contributed by atoms with van der Waals surface area (Å²) in [6.45, 7) is 2.83. The third-order valence-corrected chi connectivity index (χ3v) is 2.40. The number of hydrogen-bond donors (Lipinski definition) is 2. The van der Waals surface area contributed by atoms with Crippen molar-refractivity contribution in [3.8, 4) is 0 Å². The van der Waals surface area contributed by atoms with E-state index in [1.165, 1.54) is 18.3 Å². The lowest BCUT2D eigenvalue weighted by atomic mass is 10.3. The number of halogens is 1. The fourth-order valence-electron chi connectivity index (χ4n) is 1.33. The maximum absolute atomic E-state index is 11.7. The maximum Gasteiger partial charge on any atom is 0.325 e. The van der Waals surface area contributed by atoms with Gasteiger partial charge in [-0.3, -0.25) is 19.4 Å². The second-order valence-corrected chi connectivity index (χ2v) is 4.86. The molecule has 0 saturated carbocycles. The smallest absolute Gasteiger partial charge is 0.325 e. The van der Waals surface area contributed by atoms with E-state index in [1.54, 1.807) is 13.8 Å². The Morgan fingerprint density at radius 3 is 2.71 bits per heavy atom. The first-order valence-electron chi connectivity index (χ1n) is 6.23. The molecule has 2 amide bonds. The molecule has 0 spiro atoms. The molecule has 0 aliphatic heterocycles. The van der Waals surface area contributed by atoms with Crippen LogP contribution in [0.25, 0.3) is 0 Å². The quantitative estimate of drug-likeness (QED) is 0.747. The summed E-state index contributed by atoms with van der Waals surface area (Å²) in [5.74, 6) is -1.67. The minimum atomic E-state index is -0.718. The topological polar surface area (TPSA) is 97.4 Å². The molecule has 0 saturated heterocycles. The predicted molar refractivity (Wildman–Crippen MR) is 75.8 cm³/mol. The molecule has 1 aromatic rings. The van der Waals surface area contributed by atoms with Crippen molar-refractivity contribution in [2.45, 2.75) is 19.9 Å². The molecule has 114 valence electrons. The summed E-state index contributed by atoms with van der Waals surface area (Å²) >= 11 is 5.72. The first-order valence-corrected chi connectivity index (χ1v) is 6.61. The van der Waals surface area contributed by atoms with Crippen molar-refractivity contribution >= 4 is 29.4 Å². The normalized spacial score (nSPS) is 10.1. The molecule has 8 heteroatoms. The van der Waals surface area contributed by atoms with Gasteiger partial charge in [0.15, 0.2) is 6.61 Å². The number of rotatable bonds is 6. The first kappa shape index (κ1) is 16.9. The molecule has 2 N–H and O–H groups in total. The van der Waals surface area contributed by atoms with Gasteiger partial charge in [0, 0.05) is 17.3 Å². The second-order valence-electron chi connectivity index (χ2n) is 4.42. The number of carbonyl (C=O) groups excluding carboxylic acids is 3. The van der Waals surface area contributed by atoms with Crippen LogP contribution in [-0.4, -0.2) is 42.0 Å². The van der Waals surface area contributed by atoms with Crippen molar-refractivity contribution in [3.63, 3.8) is 0 Å². The van der Waals surface area contributed by atoms with Crippen LogP contribution in [0.2, 0.25) is 5.02 Å². The van der Waals surface area contributed by atoms with Gasteiger partial charge in [0.25, 0.3) is 11.8 Å². The number of nitrogens with zero attached hydrogens (tertiary/aromatic N) is 1. The number of carbonyl (C=O) groups is 3. The van der Waals surface area contributed by atoms with E-state index in [1.807, 2.05) is 0 Å². The van der Waals surface area contributed by atoms with Gasteiger partial charge in [0.2, 0.25) is 0 Å². The Hall–Kier alpha value is -2.15. The first-order chi connectivity index (χ1) is 9.88. The van der Waals surface area contributed by atoms with Crippen molar-refractivity contribution in [2.24, 2.45) is 0 Å². The summed E-state index contributed by atoms with van der Waals surface area (Å²) in [5, 5.41) is 5.25. The van der Waals surface area contributed by atoms with Crippen molar-refractivity contribution in [1.82, 2.24) is 15.6 Å². The van der Waals surface area contributed by atoms with Crippen molar-refractivity contribution in [2.75, 3.05) is 13.2 Å². The van der Waals surface area contributed by atoms with Crippen LogP contribution in [0.1, 0.15) is 24.3 Å². The van der Waals surface area contributed by atoms with Gasteiger partial charge < -0.3 is 15.4 Å². The predicted octanol–water partition coefficient (Wildman–Crippen LogP) is 0.533. The molecule has 0 radical (unpaired) electrons. The molecule has 0 aliphatic carbocycles. The van der Waals surface area contributed by atoms with Crippen molar-refractivity contribution in [1.29, 1.82) is 0 Å². The molecule has 1 aromatic heterocycles. The minimum Gasteiger partial charge on any atom is -0.454 e. The Morgan fingerprint density at radius 2 is 2.10 bits per heavy atom. The van der Waals surface area contributed by atoms with Crippen LogP contribution in [0.15, 0.2) is 18.3 Å². The highest BCUT2D eigenvalue weighted by Gasteiger charge is 2.12. The third-order valence-electron chi connectivity index (χ3n) is 2.16. The molecular formula is C13H16ClN3O4. The number of ether oxygens (including phenoxy) is 1. The van der Waals surface area contributed by atoms with Crippen LogP contribution in [0, 0.1) is 0 Å². The molecule has 1 heterocycles. The van der Waals surface area contributed by atoms with Crippen molar-refractivity contribution in [3.05, 3.63) is 29.0 Å². The number of pyridine rings is 1. The van der Waals surface area contributed by atoms with E-state index in [4.69, 9.17) is 16.3 Å². The molecule has 0 bridgehead atoms. The second kappa shape index (κ2) is 8.21. The van der Waals surface area contributed by atoms with Gasteiger partial charge in [0.1, 0.15) is 12.2 Å². The zero-order chi connectivity index (χ0) is 15.8. The summed E-state index contributed by atoms with van der Waals surface area (Å²) in [7, 11) is 0. The Labute approximate surface area is 127 Å². The van der Waals surface area contributed by atoms with E-state index in [2.05, 4.69) is 15.6 Å². The van der Waals surface area contributed by atoms with E-state index in [0.717, 1.165) is 0 Å². The molecule has 0 aromatic carbocycles. The van der Waals surface area contributed by atoms with Gasteiger partial charge in [-0.15, -0.1) is 0 Å². The molecule has 0 unspecified atom stereocenters. The fourth-order valence-corrected chi connectivity index (χ4v) is 1.49. The fraction of sp³-hybridized carbons (Fsp3) is 0.385. The average molecular weight is 314 g/mol. The Kier molecular flexibility index (Phi) is 6.61. The molecule has 1 rings (SSSR count). The summed E-state index contributed by atoms with van der Waals surface area (Å²) < 4.78 is 4.70. The standard InChI is InChI=1S/C13H16ClN3O4/c1-8(2)17-11(18)7-21-12(19)6-16-13(20)10-5-9(14)3-4-15-10/h3-5,8H,6-7H2,1-2H3,(H,16,20)(H,17,18). The van der Waals surface area contributed by atoms with Gasteiger partial charge in [-0.2, -0.15) is 0 Å². The summed E-state index contributed by atoms with van der Waals surface area (Å²) in [4.78, 5) is 38.1. The van der Waals surface area contributed by atoms with Crippen molar-refractivity contribution < 1.29 is 19.1 Å². The van der Waals surface area contributed by atoms with Gasteiger partial charge in [0.05, 0.1) is 0 Å². The monoisotopic (exact) mass is 313 g/mol.